The van der Waals surface area contributed by atoms with Crippen molar-refractivity contribution in [3.05, 3.63) is 54.6 Å². The van der Waals surface area contributed by atoms with Crippen molar-refractivity contribution in [1.29, 1.82) is 0 Å². The average molecular weight is 349 g/mol. The van der Waals surface area contributed by atoms with Crippen LogP contribution in [0.4, 0.5) is 0 Å². The molecule has 0 atom stereocenters. The molecule has 0 fully saturated rings. The Kier molecular flexibility index (Phi) is 5.47. The zero-order valence-corrected chi connectivity index (χ0v) is 13.9. The van der Waals surface area contributed by atoms with Crippen molar-refractivity contribution >= 4 is 46.1 Å². The van der Waals surface area contributed by atoms with E-state index in [0.29, 0.717) is 32.2 Å². The molecule has 4 nitrogen and oxygen atoms in total. The maximum atomic E-state index is 11.6. The van der Waals surface area contributed by atoms with E-state index in [1.807, 2.05) is 6.26 Å². The van der Waals surface area contributed by atoms with Crippen LogP contribution in [0.3, 0.4) is 0 Å². The molecule has 0 aromatic heterocycles. The number of hydrogen-bond acceptors (Lipinski definition) is 5. The van der Waals surface area contributed by atoms with Crippen LogP contribution < -0.4 is 9.47 Å². The van der Waals surface area contributed by atoms with Gasteiger partial charge in [-0.25, -0.2) is 9.59 Å². The first kappa shape index (κ1) is 17.1. The summed E-state index contributed by atoms with van der Waals surface area (Å²) in [5.41, 5.74) is 0. The van der Waals surface area contributed by atoms with Gasteiger partial charge in [0.25, 0.3) is 0 Å². The van der Waals surface area contributed by atoms with Crippen LogP contribution >= 0.6 is 23.4 Å². The van der Waals surface area contributed by atoms with Crippen molar-refractivity contribution in [2.45, 2.75) is 4.90 Å². The van der Waals surface area contributed by atoms with Crippen molar-refractivity contribution in [1.82, 2.24) is 0 Å². The largest absolute Gasteiger partial charge is 0.423 e. The van der Waals surface area contributed by atoms with Crippen molar-refractivity contribution in [2.24, 2.45) is 0 Å². The topological polar surface area (TPSA) is 52.6 Å². The lowest BCUT2D eigenvalue weighted by molar-refractivity contribution is -0.130. The number of benzene rings is 2. The molecule has 0 aliphatic carbocycles. The van der Waals surface area contributed by atoms with Gasteiger partial charge in [0, 0.05) is 27.9 Å². The van der Waals surface area contributed by atoms with Gasteiger partial charge >= 0.3 is 11.9 Å². The van der Waals surface area contributed by atoms with Crippen molar-refractivity contribution < 1.29 is 19.1 Å². The van der Waals surface area contributed by atoms with Gasteiger partial charge in [-0.05, 0) is 30.5 Å². The summed E-state index contributed by atoms with van der Waals surface area (Å²) in [7, 11) is 0. The Morgan fingerprint density at radius 3 is 2.35 bits per heavy atom. The molecule has 0 saturated heterocycles. The third-order valence-electron chi connectivity index (χ3n) is 2.94. The maximum absolute atomic E-state index is 11.6. The summed E-state index contributed by atoms with van der Waals surface area (Å²) in [6.07, 6.45) is 3.97. The average Bonchev–Trinajstić information content (AvgIpc) is 2.56. The van der Waals surface area contributed by atoms with E-state index >= 15 is 0 Å². The Hall–Kier alpha value is -2.24. The van der Waals surface area contributed by atoms with Gasteiger partial charge in [0.05, 0.1) is 4.90 Å². The van der Waals surface area contributed by atoms with E-state index in [-0.39, 0.29) is 0 Å². The number of carbonyl (C=O) groups excluding carboxylic acids is 2. The molecule has 23 heavy (non-hydrogen) atoms. The number of fused-ring (bicyclic) bond motifs is 1. The normalized spacial score (nSPS) is 10.2. The van der Waals surface area contributed by atoms with Crippen LogP contribution in [0.15, 0.2) is 54.5 Å². The molecular weight excluding hydrogens is 336 g/mol. The van der Waals surface area contributed by atoms with Crippen LogP contribution in [-0.2, 0) is 9.59 Å². The fourth-order valence-electron chi connectivity index (χ4n) is 1.95. The zero-order valence-electron chi connectivity index (χ0n) is 12.3. The van der Waals surface area contributed by atoms with Crippen LogP contribution in [0.5, 0.6) is 11.5 Å². The molecule has 0 radical (unpaired) electrons. The zero-order chi connectivity index (χ0) is 17.0. The van der Waals surface area contributed by atoms with E-state index < -0.39 is 11.9 Å². The summed E-state index contributed by atoms with van der Waals surface area (Å²) < 4.78 is 10.6. The smallest absolute Gasteiger partial charge is 0.335 e. The highest BCUT2D eigenvalue weighted by molar-refractivity contribution is 7.98. The number of esters is 2. The van der Waals surface area contributed by atoms with Gasteiger partial charge in [-0.1, -0.05) is 24.8 Å². The second kappa shape index (κ2) is 7.35. The Bertz CT molecular complexity index is 814. The highest BCUT2D eigenvalue weighted by Gasteiger charge is 2.17. The minimum absolute atomic E-state index is 0.315. The summed E-state index contributed by atoms with van der Waals surface area (Å²) in [6, 6.07) is 6.63. The first-order valence-electron chi connectivity index (χ1n) is 6.49. The predicted octanol–water partition coefficient (Wildman–Crippen LogP) is 4.40. The van der Waals surface area contributed by atoms with E-state index in [9.17, 15) is 9.59 Å². The number of ether oxygens (including phenoxy) is 2. The fourth-order valence-corrected chi connectivity index (χ4v) is 2.68. The van der Waals surface area contributed by atoms with E-state index in [1.54, 1.807) is 24.3 Å². The van der Waals surface area contributed by atoms with Gasteiger partial charge < -0.3 is 9.47 Å². The molecule has 0 unspecified atom stereocenters. The molecule has 0 bridgehead atoms. The van der Waals surface area contributed by atoms with Gasteiger partial charge in [-0.2, -0.15) is 0 Å². The highest BCUT2D eigenvalue weighted by Crippen LogP contribution is 2.42. The second-order valence-electron chi connectivity index (χ2n) is 4.35. The summed E-state index contributed by atoms with van der Waals surface area (Å²) >= 11 is 7.38. The quantitative estimate of drug-likeness (QED) is 0.347. The molecule has 0 amide bonds. The third-order valence-corrected chi connectivity index (χ3v) is 3.92. The molecule has 2 rings (SSSR count). The summed E-state index contributed by atoms with van der Waals surface area (Å²) in [6.45, 7) is 6.77. The van der Waals surface area contributed by atoms with Gasteiger partial charge in [-0.3, -0.25) is 0 Å². The van der Waals surface area contributed by atoms with E-state index in [0.717, 1.165) is 12.2 Å². The summed E-state index contributed by atoms with van der Waals surface area (Å²) in [5.74, 6) is -0.482. The molecule has 0 aliphatic heterocycles. The minimum atomic E-state index is -0.589. The van der Waals surface area contributed by atoms with Crippen molar-refractivity contribution in [2.75, 3.05) is 6.26 Å². The number of carbonyl (C=O) groups is 2. The lowest BCUT2D eigenvalue weighted by Crippen LogP contribution is -2.07. The molecule has 118 valence electrons. The Labute approximate surface area is 142 Å². The highest BCUT2D eigenvalue weighted by atomic mass is 35.5. The molecule has 0 saturated carbocycles. The first-order chi connectivity index (χ1) is 11.0. The Morgan fingerprint density at radius 1 is 1.09 bits per heavy atom. The van der Waals surface area contributed by atoms with Crippen molar-refractivity contribution in [3.63, 3.8) is 0 Å². The van der Waals surface area contributed by atoms with E-state index in [2.05, 4.69) is 13.2 Å². The molecule has 0 spiro atoms. The predicted molar refractivity (Wildman–Crippen MR) is 92.4 cm³/mol. The van der Waals surface area contributed by atoms with Crippen LogP contribution in [0.25, 0.3) is 10.8 Å². The maximum Gasteiger partial charge on any atom is 0.335 e. The standard InChI is InChI=1S/C17H13ClO4S/c1-4-15(19)21-13-9-14(23-3)17(22-16(20)5-2)11-7-6-10(18)8-12(11)13/h4-9H,1-2H2,3H3. The number of rotatable bonds is 5. The summed E-state index contributed by atoms with van der Waals surface area (Å²) in [5, 5.41) is 1.62. The lowest BCUT2D eigenvalue weighted by Gasteiger charge is -2.14. The second-order valence-corrected chi connectivity index (χ2v) is 5.63. The molecule has 0 heterocycles. The monoisotopic (exact) mass is 348 g/mol. The molecule has 2 aromatic rings. The van der Waals surface area contributed by atoms with E-state index in [1.165, 1.54) is 11.8 Å². The molecule has 0 aliphatic rings. The van der Waals surface area contributed by atoms with E-state index in [4.69, 9.17) is 21.1 Å². The third kappa shape index (κ3) is 3.75. The molecule has 0 N–H and O–H groups in total. The minimum Gasteiger partial charge on any atom is -0.423 e. The number of thioether (sulfide) groups is 1. The van der Waals surface area contributed by atoms with Gasteiger partial charge in [0.1, 0.15) is 5.75 Å². The molecular formula is C17H13ClO4S. The lowest BCUT2D eigenvalue weighted by atomic mass is 10.1. The van der Waals surface area contributed by atoms with Crippen molar-refractivity contribution in [3.8, 4) is 11.5 Å². The van der Waals surface area contributed by atoms with Crippen LogP contribution in [0.2, 0.25) is 5.02 Å². The van der Waals surface area contributed by atoms with Crippen LogP contribution in [-0.4, -0.2) is 18.2 Å². The fraction of sp³-hybridized carbons (Fsp3) is 0.0588. The summed E-state index contributed by atoms with van der Waals surface area (Å²) in [4.78, 5) is 23.8. The Morgan fingerprint density at radius 2 is 1.74 bits per heavy atom. The van der Waals surface area contributed by atoms with Gasteiger partial charge in [0.15, 0.2) is 5.75 Å². The van der Waals surface area contributed by atoms with Crippen LogP contribution in [0.1, 0.15) is 0 Å². The Balaban J connectivity index is 2.73. The van der Waals surface area contributed by atoms with Gasteiger partial charge in [-0.15, -0.1) is 11.8 Å². The van der Waals surface area contributed by atoms with Crippen LogP contribution in [0, 0.1) is 0 Å². The molecule has 6 heteroatoms. The number of halogens is 1. The number of hydrogen-bond donors (Lipinski definition) is 0. The first-order valence-corrected chi connectivity index (χ1v) is 8.09. The molecule has 2 aromatic carbocycles. The van der Waals surface area contributed by atoms with Gasteiger partial charge in [0.2, 0.25) is 0 Å². The SMILES string of the molecule is C=CC(=O)Oc1cc(SC)c(OC(=O)C=C)c2ccc(Cl)cc12.